The molecule has 1 aliphatic rings. The van der Waals surface area contributed by atoms with E-state index in [-0.39, 0.29) is 24.8 Å². The third kappa shape index (κ3) is 7.16. The highest BCUT2D eigenvalue weighted by Gasteiger charge is 2.39. The molecular weight excluding hydrogens is 283 g/mol. The van der Waals surface area contributed by atoms with Crippen LogP contribution in [0.4, 0.5) is 13.2 Å². The van der Waals surface area contributed by atoms with Crippen molar-refractivity contribution in [3.8, 4) is 0 Å². The Morgan fingerprint density at radius 2 is 1.86 bits per heavy atom. The minimum absolute atomic E-state index is 0.0394. The fourth-order valence-corrected chi connectivity index (χ4v) is 3.85. The van der Waals surface area contributed by atoms with Gasteiger partial charge in [0.15, 0.2) is 0 Å². The van der Waals surface area contributed by atoms with Crippen molar-refractivity contribution < 1.29 is 23.1 Å². The van der Waals surface area contributed by atoms with E-state index in [1.807, 2.05) is 0 Å². The first-order valence-electron chi connectivity index (χ1n) is 7.61. The molecule has 21 heavy (non-hydrogen) atoms. The molecule has 2 unspecified atom stereocenters. The van der Waals surface area contributed by atoms with E-state index in [1.54, 1.807) is 0 Å². The minimum Gasteiger partial charge on any atom is -0.481 e. The second-order valence-corrected chi connectivity index (χ2v) is 6.82. The van der Waals surface area contributed by atoms with E-state index in [9.17, 15) is 18.0 Å². The first-order valence-corrected chi connectivity index (χ1v) is 7.61. The number of carboxylic acids is 1. The molecule has 0 amide bonds. The Morgan fingerprint density at radius 1 is 1.29 bits per heavy atom. The molecule has 0 saturated heterocycles. The summed E-state index contributed by atoms with van der Waals surface area (Å²) in [7, 11) is 0. The van der Waals surface area contributed by atoms with Gasteiger partial charge >= 0.3 is 12.1 Å². The van der Waals surface area contributed by atoms with Crippen LogP contribution in [0.15, 0.2) is 0 Å². The maximum absolute atomic E-state index is 12.1. The lowest BCUT2D eigenvalue weighted by molar-refractivity contribution is -0.140. The number of carbonyl (C=O) groups is 1. The summed E-state index contributed by atoms with van der Waals surface area (Å²) in [6, 6.07) is 0. The summed E-state index contributed by atoms with van der Waals surface area (Å²) in [5.41, 5.74) is -0.318. The zero-order chi connectivity index (χ0) is 16.1. The van der Waals surface area contributed by atoms with Crippen LogP contribution in [0.5, 0.6) is 0 Å². The quantitative estimate of drug-likeness (QED) is 0.703. The van der Waals surface area contributed by atoms with Crippen LogP contribution in [0.3, 0.4) is 0 Å². The molecule has 2 atom stereocenters. The van der Waals surface area contributed by atoms with Crippen LogP contribution >= 0.6 is 0 Å². The average Bonchev–Trinajstić information content (AvgIpc) is 2.23. The highest BCUT2D eigenvalue weighted by atomic mass is 19.4. The number of rotatable bonds is 7. The molecule has 0 aliphatic heterocycles. The molecule has 0 heterocycles. The molecule has 3 nitrogen and oxygen atoms in total. The molecule has 1 saturated carbocycles. The molecular formula is C15H26F3NO2. The fraction of sp³-hybridized carbons (Fsp3) is 0.933. The summed E-state index contributed by atoms with van der Waals surface area (Å²) in [6.07, 6.45) is -2.03. The van der Waals surface area contributed by atoms with Gasteiger partial charge in [-0.05, 0) is 49.5 Å². The van der Waals surface area contributed by atoms with Crippen LogP contribution in [0.1, 0.15) is 52.4 Å². The lowest BCUT2D eigenvalue weighted by atomic mass is 9.64. The Balaban J connectivity index is 2.48. The molecule has 1 aliphatic carbocycles. The van der Waals surface area contributed by atoms with Gasteiger partial charge in [-0.15, -0.1) is 0 Å². The Hall–Kier alpha value is -0.780. The predicted molar refractivity (Wildman–Crippen MR) is 75.0 cm³/mol. The zero-order valence-electron chi connectivity index (χ0n) is 12.8. The first kappa shape index (κ1) is 18.3. The van der Waals surface area contributed by atoms with Crippen molar-refractivity contribution in [3.05, 3.63) is 0 Å². The lowest BCUT2D eigenvalue weighted by Crippen LogP contribution is -2.42. The van der Waals surface area contributed by atoms with Crippen molar-refractivity contribution in [3.63, 3.8) is 0 Å². The number of hydrogen-bond donors (Lipinski definition) is 2. The van der Waals surface area contributed by atoms with Crippen molar-refractivity contribution in [1.29, 1.82) is 0 Å². The van der Waals surface area contributed by atoms with Crippen LogP contribution in [-0.4, -0.2) is 30.3 Å². The smallest absolute Gasteiger partial charge is 0.389 e. The first-order chi connectivity index (χ1) is 9.62. The maximum atomic E-state index is 12.1. The van der Waals surface area contributed by atoms with Crippen LogP contribution in [0, 0.1) is 17.3 Å². The van der Waals surface area contributed by atoms with Gasteiger partial charge in [0.05, 0.1) is 6.42 Å². The number of halogens is 3. The van der Waals surface area contributed by atoms with Gasteiger partial charge in [0.2, 0.25) is 0 Å². The summed E-state index contributed by atoms with van der Waals surface area (Å²) < 4.78 is 36.2. The molecule has 1 fully saturated rings. The van der Waals surface area contributed by atoms with Gasteiger partial charge in [-0.2, -0.15) is 13.2 Å². The molecule has 124 valence electrons. The summed E-state index contributed by atoms with van der Waals surface area (Å²) in [5.74, 6) is 0.101. The standard InChI is InChI=1S/C15H26F3NO2/c1-11-6-12(2)8-14(7-11,9-13(20)21)10-19-5-3-4-15(16,17)18/h11-12,19H,3-10H2,1-2H3,(H,20,21). The van der Waals surface area contributed by atoms with Crippen LogP contribution < -0.4 is 5.32 Å². The van der Waals surface area contributed by atoms with E-state index in [4.69, 9.17) is 5.11 Å². The van der Waals surface area contributed by atoms with Gasteiger partial charge in [0.25, 0.3) is 0 Å². The second kappa shape index (κ2) is 7.47. The third-order valence-electron chi connectivity index (χ3n) is 4.21. The lowest BCUT2D eigenvalue weighted by Gasteiger charge is -2.42. The number of alkyl halides is 3. The molecule has 0 bridgehead atoms. The second-order valence-electron chi connectivity index (χ2n) is 6.82. The summed E-state index contributed by atoms with van der Waals surface area (Å²) >= 11 is 0. The number of aliphatic carboxylic acids is 1. The minimum atomic E-state index is -4.12. The molecule has 0 radical (unpaired) electrons. The zero-order valence-corrected chi connectivity index (χ0v) is 12.8. The molecule has 6 heteroatoms. The predicted octanol–water partition coefficient (Wildman–Crippen LogP) is 3.84. The molecule has 0 aromatic carbocycles. The average molecular weight is 309 g/mol. The fourth-order valence-electron chi connectivity index (χ4n) is 3.85. The van der Waals surface area contributed by atoms with E-state index >= 15 is 0 Å². The Labute approximate surface area is 124 Å². The monoisotopic (exact) mass is 309 g/mol. The van der Waals surface area contributed by atoms with Gasteiger partial charge < -0.3 is 10.4 Å². The van der Waals surface area contributed by atoms with Crippen LogP contribution in [0.2, 0.25) is 0 Å². The van der Waals surface area contributed by atoms with Crippen molar-refractivity contribution in [1.82, 2.24) is 5.32 Å². The molecule has 0 aromatic rings. The molecule has 0 aromatic heterocycles. The summed E-state index contributed by atoms with van der Waals surface area (Å²) in [5, 5.41) is 12.2. The molecule has 0 spiro atoms. The number of nitrogens with one attached hydrogen (secondary N) is 1. The number of hydrogen-bond acceptors (Lipinski definition) is 2. The third-order valence-corrected chi connectivity index (χ3v) is 4.21. The van der Waals surface area contributed by atoms with Crippen LogP contribution in [0.25, 0.3) is 0 Å². The van der Waals surface area contributed by atoms with Gasteiger partial charge in [-0.3, -0.25) is 4.79 Å². The van der Waals surface area contributed by atoms with Crippen molar-refractivity contribution in [2.75, 3.05) is 13.1 Å². The van der Waals surface area contributed by atoms with Gasteiger partial charge in [-0.25, -0.2) is 0 Å². The van der Waals surface area contributed by atoms with Crippen LogP contribution in [-0.2, 0) is 4.79 Å². The van der Waals surface area contributed by atoms with E-state index in [1.165, 1.54) is 0 Å². The molecule has 1 rings (SSSR count). The maximum Gasteiger partial charge on any atom is 0.389 e. The number of carboxylic acid groups (broad SMARTS) is 1. The van der Waals surface area contributed by atoms with Gasteiger partial charge in [-0.1, -0.05) is 13.8 Å². The normalized spacial score (nSPS) is 30.3. The highest BCUT2D eigenvalue weighted by molar-refractivity contribution is 5.67. The Bertz CT molecular complexity index is 334. The summed E-state index contributed by atoms with van der Waals surface area (Å²) in [4.78, 5) is 11.1. The highest BCUT2D eigenvalue weighted by Crippen LogP contribution is 2.44. The van der Waals surface area contributed by atoms with Gasteiger partial charge in [0.1, 0.15) is 0 Å². The van der Waals surface area contributed by atoms with Crippen molar-refractivity contribution in [2.24, 2.45) is 17.3 Å². The van der Waals surface area contributed by atoms with E-state index in [2.05, 4.69) is 19.2 Å². The van der Waals surface area contributed by atoms with E-state index < -0.39 is 18.6 Å². The van der Waals surface area contributed by atoms with E-state index in [0.29, 0.717) is 18.4 Å². The van der Waals surface area contributed by atoms with Crippen molar-refractivity contribution in [2.45, 2.75) is 58.5 Å². The molecule has 2 N–H and O–H groups in total. The largest absolute Gasteiger partial charge is 0.481 e. The topological polar surface area (TPSA) is 49.3 Å². The SMILES string of the molecule is CC1CC(C)CC(CNCCCC(F)(F)F)(CC(=O)O)C1. The van der Waals surface area contributed by atoms with E-state index in [0.717, 1.165) is 19.3 Å². The van der Waals surface area contributed by atoms with Crippen molar-refractivity contribution >= 4 is 5.97 Å². The van der Waals surface area contributed by atoms with Gasteiger partial charge in [0, 0.05) is 13.0 Å². The Kier molecular flexibility index (Phi) is 6.50. The Morgan fingerprint density at radius 3 is 2.33 bits per heavy atom. The summed E-state index contributed by atoms with van der Waals surface area (Å²) in [6.45, 7) is 5.02.